The van der Waals surface area contributed by atoms with Crippen LogP contribution >= 0.6 is 23.2 Å². The fraction of sp³-hybridized carbons (Fsp3) is 0.387. The molecule has 1 saturated heterocycles. The molecule has 39 heavy (non-hydrogen) atoms. The SMILES string of the molecule is COc1ccc(COC[C@@H](C2CCC2)N2C(=O)CO[C@H](c3cccc(Cl)c3)[C@H]2c2ccc(Cl)cc2)cc1OC. The summed E-state index contributed by atoms with van der Waals surface area (Å²) in [4.78, 5) is 15.6. The van der Waals surface area contributed by atoms with Crippen molar-refractivity contribution in [1.82, 2.24) is 4.90 Å². The Balaban J connectivity index is 1.44. The quantitative estimate of drug-likeness (QED) is 0.262. The second-order valence-electron chi connectivity index (χ2n) is 10.0. The van der Waals surface area contributed by atoms with Gasteiger partial charge < -0.3 is 23.8 Å². The summed E-state index contributed by atoms with van der Waals surface area (Å²) in [6, 6.07) is 20.6. The molecule has 3 aromatic rings. The first-order valence-electron chi connectivity index (χ1n) is 13.2. The van der Waals surface area contributed by atoms with E-state index in [2.05, 4.69) is 0 Å². The van der Waals surface area contributed by atoms with Gasteiger partial charge in [-0.3, -0.25) is 4.79 Å². The van der Waals surface area contributed by atoms with E-state index < -0.39 is 0 Å². The lowest BCUT2D eigenvalue weighted by molar-refractivity contribution is -0.170. The molecule has 2 fully saturated rings. The summed E-state index contributed by atoms with van der Waals surface area (Å²) >= 11 is 12.6. The maximum Gasteiger partial charge on any atom is 0.249 e. The van der Waals surface area contributed by atoms with Crippen LogP contribution in [0.5, 0.6) is 11.5 Å². The van der Waals surface area contributed by atoms with Crippen LogP contribution in [0.25, 0.3) is 0 Å². The molecule has 6 nitrogen and oxygen atoms in total. The molecule has 2 aliphatic rings. The van der Waals surface area contributed by atoms with Gasteiger partial charge in [-0.05, 0) is 71.8 Å². The van der Waals surface area contributed by atoms with Crippen molar-refractivity contribution >= 4 is 29.1 Å². The number of halogens is 2. The van der Waals surface area contributed by atoms with Gasteiger partial charge in [0, 0.05) is 10.0 Å². The number of hydrogen-bond donors (Lipinski definition) is 0. The first-order chi connectivity index (χ1) is 19.0. The van der Waals surface area contributed by atoms with Crippen LogP contribution < -0.4 is 9.47 Å². The Morgan fingerprint density at radius 1 is 0.923 bits per heavy atom. The monoisotopic (exact) mass is 569 g/mol. The lowest BCUT2D eigenvalue weighted by Crippen LogP contribution is -2.55. The molecule has 0 bridgehead atoms. The van der Waals surface area contributed by atoms with Crippen molar-refractivity contribution in [2.75, 3.05) is 27.4 Å². The standard InChI is InChI=1S/C31H33Cl2NO5/c1-36-27-14-9-20(15-28(27)37-2)17-38-18-26(21-5-3-6-21)34-29(35)19-39-31(23-7-4-8-25(33)16-23)30(34)22-10-12-24(32)13-11-22/h4,7-16,21,26,30-31H,3,5-6,17-19H2,1-2H3/t26-,30+,31+/m0/s1. The lowest BCUT2D eigenvalue weighted by Gasteiger charge is -2.49. The van der Waals surface area contributed by atoms with E-state index in [9.17, 15) is 4.79 Å². The van der Waals surface area contributed by atoms with Gasteiger partial charge in [0.2, 0.25) is 5.91 Å². The molecule has 0 N–H and O–H groups in total. The Morgan fingerprint density at radius 2 is 1.69 bits per heavy atom. The Morgan fingerprint density at radius 3 is 2.36 bits per heavy atom. The predicted molar refractivity (Wildman–Crippen MR) is 152 cm³/mol. The number of carbonyl (C=O) groups is 1. The van der Waals surface area contributed by atoms with Crippen LogP contribution in [0, 0.1) is 5.92 Å². The molecule has 5 rings (SSSR count). The van der Waals surface area contributed by atoms with Crippen LogP contribution in [0.15, 0.2) is 66.7 Å². The lowest BCUT2D eigenvalue weighted by atomic mass is 9.77. The second kappa shape index (κ2) is 12.6. The highest BCUT2D eigenvalue weighted by Crippen LogP contribution is 2.45. The summed E-state index contributed by atoms with van der Waals surface area (Å²) in [6.07, 6.45) is 2.89. The number of amides is 1. The van der Waals surface area contributed by atoms with E-state index in [0.29, 0.717) is 40.7 Å². The van der Waals surface area contributed by atoms with Crippen molar-refractivity contribution in [2.45, 2.75) is 44.1 Å². The number of carbonyl (C=O) groups excluding carboxylic acids is 1. The van der Waals surface area contributed by atoms with Gasteiger partial charge in [-0.1, -0.05) is 60.0 Å². The summed E-state index contributed by atoms with van der Waals surface area (Å²) in [5.74, 6) is 1.64. The molecular formula is C31H33Cl2NO5. The highest BCUT2D eigenvalue weighted by molar-refractivity contribution is 6.30. The molecular weight excluding hydrogens is 537 g/mol. The molecule has 3 aromatic carbocycles. The average molecular weight is 571 g/mol. The number of benzene rings is 3. The van der Waals surface area contributed by atoms with E-state index in [1.54, 1.807) is 14.2 Å². The number of hydrogen-bond acceptors (Lipinski definition) is 5. The minimum absolute atomic E-state index is 0.000167. The zero-order chi connectivity index (χ0) is 27.4. The van der Waals surface area contributed by atoms with Gasteiger partial charge in [0.1, 0.15) is 12.7 Å². The molecule has 0 unspecified atom stereocenters. The van der Waals surface area contributed by atoms with Gasteiger partial charge in [0.25, 0.3) is 0 Å². The normalized spacial score (nSPS) is 20.4. The molecule has 1 amide bonds. The fourth-order valence-electron chi connectivity index (χ4n) is 5.51. The summed E-state index contributed by atoms with van der Waals surface area (Å²) in [7, 11) is 3.23. The van der Waals surface area contributed by atoms with Crippen molar-refractivity contribution in [3.63, 3.8) is 0 Å². The minimum Gasteiger partial charge on any atom is -0.493 e. The largest absolute Gasteiger partial charge is 0.493 e. The van der Waals surface area contributed by atoms with Gasteiger partial charge in [-0.15, -0.1) is 0 Å². The predicted octanol–water partition coefficient (Wildman–Crippen LogP) is 7.04. The molecule has 0 spiro atoms. The average Bonchev–Trinajstić information content (AvgIpc) is 2.91. The highest BCUT2D eigenvalue weighted by atomic mass is 35.5. The van der Waals surface area contributed by atoms with E-state index in [0.717, 1.165) is 36.0 Å². The second-order valence-corrected chi connectivity index (χ2v) is 10.9. The summed E-state index contributed by atoms with van der Waals surface area (Å²) < 4.78 is 23.3. The molecule has 0 aromatic heterocycles. The summed E-state index contributed by atoms with van der Waals surface area (Å²) in [5, 5.41) is 1.27. The molecule has 1 aliphatic carbocycles. The van der Waals surface area contributed by atoms with Crippen LogP contribution in [-0.2, 0) is 20.9 Å². The van der Waals surface area contributed by atoms with Crippen LogP contribution in [-0.4, -0.2) is 44.3 Å². The van der Waals surface area contributed by atoms with Gasteiger partial charge in [-0.25, -0.2) is 0 Å². The van der Waals surface area contributed by atoms with Crippen molar-refractivity contribution in [3.8, 4) is 11.5 Å². The maximum atomic E-state index is 13.6. The Kier molecular flexibility index (Phi) is 8.98. The number of rotatable bonds is 10. The van der Waals surface area contributed by atoms with Crippen molar-refractivity contribution in [1.29, 1.82) is 0 Å². The topological polar surface area (TPSA) is 57.2 Å². The van der Waals surface area contributed by atoms with Crippen molar-refractivity contribution in [3.05, 3.63) is 93.5 Å². The van der Waals surface area contributed by atoms with Crippen molar-refractivity contribution in [2.24, 2.45) is 5.92 Å². The van der Waals surface area contributed by atoms with E-state index in [1.807, 2.05) is 71.6 Å². The number of methoxy groups -OCH3 is 2. The Bertz CT molecular complexity index is 1280. The van der Waals surface area contributed by atoms with Crippen molar-refractivity contribution < 1.29 is 23.7 Å². The zero-order valence-electron chi connectivity index (χ0n) is 22.1. The summed E-state index contributed by atoms with van der Waals surface area (Å²) in [6.45, 7) is 0.808. The zero-order valence-corrected chi connectivity index (χ0v) is 23.7. The third-order valence-electron chi connectivity index (χ3n) is 7.71. The molecule has 8 heteroatoms. The van der Waals surface area contributed by atoms with Crippen LogP contribution in [0.3, 0.4) is 0 Å². The Labute approximate surface area is 239 Å². The fourth-order valence-corrected chi connectivity index (χ4v) is 5.84. The maximum absolute atomic E-state index is 13.6. The smallest absolute Gasteiger partial charge is 0.249 e. The third kappa shape index (κ3) is 6.20. The van der Waals surface area contributed by atoms with E-state index in [1.165, 1.54) is 0 Å². The summed E-state index contributed by atoms with van der Waals surface area (Å²) in [5.41, 5.74) is 2.86. The minimum atomic E-state index is -0.379. The number of nitrogens with zero attached hydrogens (tertiary/aromatic N) is 1. The van der Waals surface area contributed by atoms with Gasteiger partial charge in [0.15, 0.2) is 11.5 Å². The molecule has 3 atom stereocenters. The molecule has 0 radical (unpaired) electrons. The van der Waals surface area contributed by atoms with Gasteiger partial charge in [-0.2, -0.15) is 0 Å². The van der Waals surface area contributed by atoms with Gasteiger partial charge in [0.05, 0.1) is 39.5 Å². The molecule has 206 valence electrons. The first-order valence-corrected chi connectivity index (χ1v) is 14.0. The highest BCUT2D eigenvalue weighted by Gasteiger charge is 2.45. The number of ether oxygens (including phenoxy) is 4. The molecule has 1 heterocycles. The van der Waals surface area contributed by atoms with Crippen LogP contribution in [0.4, 0.5) is 0 Å². The van der Waals surface area contributed by atoms with Gasteiger partial charge >= 0.3 is 0 Å². The van der Waals surface area contributed by atoms with Crippen LogP contribution in [0.1, 0.15) is 48.1 Å². The third-order valence-corrected chi connectivity index (χ3v) is 8.19. The van der Waals surface area contributed by atoms with E-state index >= 15 is 0 Å². The number of morpholine rings is 1. The van der Waals surface area contributed by atoms with E-state index in [4.69, 9.17) is 42.1 Å². The van der Waals surface area contributed by atoms with E-state index in [-0.39, 0.29) is 30.7 Å². The Hall–Kier alpha value is -2.77. The molecule has 1 aliphatic heterocycles. The first kappa shape index (κ1) is 27.8. The molecule has 1 saturated carbocycles. The van der Waals surface area contributed by atoms with Crippen LogP contribution in [0.2, 0.25) is 10.0 Å².